The predicted octanol–water partition coefficient (Wildman–Crippen LogP) is 8.32. The summed E-state index contributed by atoms with van der Waals surface area (Å²) in [5, 5.41) is 0. The Hall–Kier alpha value is -4.49. The van der Waals surface area contributed by atoms with Gasteiger partial charge in [0.2, 0.25) is 0 Å². The van der Waals surface area contributed by atoms with E-state index in [2.05, 4.69) is 66.2 Å². The molecule has 0 fully saturated rings. The molecule has 0 atom stereocenters. The highest BCUT2D eigenvalue weighted by Crippen LogP contribution is 2.29. The first-order chi connectivity index (χ1) is 20.7. The Morgan fingerprint density at radius 3 is 2.02 bits per heavy atom. The summed E-state index contributed by atoms with van der Waals surface area (Å²) in [5.41, 5.74) is 11.0. The number of ketones is 1. The number of rotatable bonds is 11. The highest BCUT2D eigenvalue weighted by molar-refractivity contribution is 6.20. The van der Waals surface area contributed by atoms with Gasteiger partial charge in [-0.25, -0.2) is 0 Å². The van der Waals surface area contributed by atoms with E-state index < -0.39 is 0 Å². The number of ether oxygens (including phenoxy) is 2. The van der Waals surface area contributed by atoms with Gasteiger partial charge in [0.1, 0.15) is 5.75 Å². The minimum atomic E-state index is 0.0165. The molecule has 43 heavy (non-hydrogen) atoms. The van der Waals surface area contributed by atoms with Crippen molar-refractivity contribution >= 4 is 28.8 Å². The fourth-order valence-corrected chi connectivity index (χ4v) is 4.49. The quantitative estimate of drug-likeness (QED) is 0.106. The molecule has 0 aliphatic heterocycles. The first-order valence-electron chi connectivity index (χ1n) is 14.4. The molecule has 0 aliphatic rings. The van der Waals surface area contributed by atoms with Crippen LogP contribution in [0.5, 0.6) is 5.75 Å². The molecule has 0 heterocycles. The number of benzene rings is 3. The number of carbonyl (C=O) groups is 1. The first kappa shape index (κ1) is 34.7. The van der Waals surface area contributed by atoms with Crippen molar-refractivity contribution in [2.45, 2.75) is 53.9 Å². The van der Waals surface area contributed by atoms with Gasteiger partial charge in [-0.2, -0.15) is 10.5 Å². The molecule has 0 radical (unpaired) electrons. The largest absolute Gasteiger partial charge is 0.454 e. The molecule has 3 rings (SSSR count). The lowest BCUT2D eigenvalue weighted by Crippen LogP contribution is -2.10. The Morgan fingerprint density at radius 2 is 1.49 bits per heavy atom. The Balaban J connectivity index is 0.000000301. The van der Waals surface area contributed by atoms with Crippen LogP contribution in [-0.4, -0.2) is 38.8 Å². The van der Waals surface area contributed by atoms with Crippen LogP contribution < -0.4 is 10.3 Å². The van der Waals surface area contributed by atoms with Gasteiger partial charge in [0.25, 0.3) is 0 Å². The molecule has 1 N–H and O–H groups in total. The summed E-state index contributed by atoms with van der Waals surface area (Å²) in [6, 6.07) is 24.0. The van der Waals surface area contributed by atoms with Crippen molar-refractivity contribution < 1.29 is 19.1 Å². The standard InChI is InChI=1S/C19H21NO2.C17H24N2O2/c1-5-15-10-12-16(13-11-15)18-9-7-6-8-17(18)14(2)20-19(21-3)22-4;1-6-7-12(2)19-13(3)17(14(4)20)15-8-10-16(11-9-15)21-18-5/h6-13H,2,5H2,1,3-4H3;8-11,18H,6-7H2,1-5H3/b;17-13+,19-12?. The number of allylic oxidation sites excluding steroid dienone is 2. The van der Waals surface area contributed by atoms with E-state index in [1.807, 2.05) is 56.3 Å². The number of hydrogen-bond donors (Lipinski definition) is 1. The lowest BCUT2D eigenvalue weighted by molar-refractivity contribution is -0.111. The molecule has 0 bridgehead atoms. The van der Waals surface area contributed by atoms with Crippen molar-refractivity contribution in [3.05, 3.63) is 102 Å². The average Bonchev–Trinajstić information content (AvgIpc) is 3.01. The third-order valence-electron chi connectivity index (χ3n) is 6.53. The molecule has 228 valence electrons. The third kappa shape index (κ3) is 10.7. The lowest BCUT2D eigenvalue weighted by Gasteiger charge is -2.11. The predicted molar refractivity (Wildman–Crippen MR) is 179 cm³/mol. The molecule has 7 nitrogen and oxygen atoms in total. The molecule has 0 aliphatic carbocycles. The lowest BCUT2D eigenvalue weighted by atomic mass is 9.97. The molecular formula is C36H45N3O4. The smallest absolute Gasteiger partial charge is 0.388 e. The zero-order valence-electron chi connectivity index (χ0n) is 26.8. The second-order valence-electron chi connectivity index (χ2n) is 9.77. The van der Waals surface area contributed by atoms with Crippen LogP contribution in [0.4, 0.5) is 0 Å². The Kier molecular flexibility index (Phi) is 14.6. The Morgan fingerprint density at radius 1 is 0.860 bits per heavy atom. The summed E-state index contributed by atoms with van der Waals surface area (Å²) in [4.78, 5) is 26.0. The Bertz CT molecular complexity index is 1430. The van der Waals surface area contributed by atoms with E-state index in [0.717, 1.165) is 52.9 Å². The van der Waals surface area contributed by atoms with Gasteiger partial charge in [0.15, 0.2) is 5.78 Å². The summed E-state index contributed by atoms with van der Waals surface area (Å²) in [6.45, 7) is 13.7. The molecule has 7 heteroatoms. The molecule has 0 spiro atoms. The van der Waals surface area contributed by atoms with Crippen LogP contribution in [-0.2, 0) is 20.7 Å². The van der Waals surface area contributed by atoms with Gasteiger partial charge >= 0.3 is 6.08 Å². The van der Waals surface area contributed by atoms with E-state index in [9.17, 15) is 4.79 Å². The monoisotopic (exact) mass is 583 g/mol. The minimum absolute atomic E-state index is 0.0165. The number of nitrogens with zero attached hydrogens (tertiary/aromatic N) is 2. The van der Waals surface area contributed by atoms with Crippen LogP contribution >= 0.6 is 0 Å². The molecule has 3 aromatic rings. The number of carbonyl (C=O) groups excluding carboxylic acids is 1. The summed E-state index contributed by atoms with van der Waals surface area (Å²) >= 11 is 0. The number of hydroxylamine groups is 1. The van der Waals surface area contributed by atoms with Gasteiger partial charge in [0, 0.05) is 29.6 Å². The second kappa shape index (κ2) is 18.1. The highest BCUT2D eigenvalue weighted by Gasteiger charge is 2.12. The maximum atomic E-state index is 12.0. The Labute approximate surface area is 257 Å². The molecular weight excluding hydrogens is 538 g/mol. The van der Waals surface area contributed by atoms with Crippen LogP contribution in [0.15, 0.2) is 95.1 Å². The minimum Gasteiger partial charge on any atom is -0.454 e. The molecule has 0 unspecified atom stereocenters. The fraction of sp³-hybridized carbons (Fsp3) is 0.306. The van der Waals surface area contributed by atoms with E-state index in [1.165, 1.54) is 19.8 Å². The zero-order valence-corrected chi connectivity index (χ0v) is 26.8. The summed E-state index contributed by atoms with van der Waals surface area (Å²) in [7, 11) is 4.74. The van der Waals surface area contributed by atoms with E-state index in [0.29, 0.717) is 17.0 Å². The number of nitrogens with one attached hydrogen (secondary N) is 1. The van der Waals surface area contributed by atoms with Gasteiger partial charge in [-0.1, -0.05) is 87.5 Å². The SMILES string of the molecule is C=C(N=C(OC)OC)c1ccccc1-c1ccc(CC)cc1.CCCC(C)=N/C(C)=C(\C(C)=O)c1ccc(ONC)cc1. The highest BCUT2D eigenvalue weighted by atomic mass is 16.7. The van der Waals surface area contributed by atoms with Crippen LogP contribution in [0.3, 0.4) is 0 Å². The summed E-state index contributed by atoms with van der Waals surface area (Å²) < 4.78 is 10.1. The maximum Gasteiger partial charge on any atom is 0.388 e. The van der Waals surface area contributed by atoms with Crippen molar-refractivity contribution in [3.63, 3.8) is 0 Å². The van der Waals surface area contributed by atoms with Gasteiger partial charge in [-0.05, 0) is 68.0 Å². The van der Waals surface area contributed by atoms with Crippen LogP contribution in [0.1, 0.15) is 64.2 Å². The van der Waals surface area contributed by atoms with E-state index in [-0.39, 0.29) is 11.9 Å². The first-order valence-corrected chi connectivity index (χ1v) is 14.4. The molecule has 0 amide bonds. The van der Waals surface area contributed by atoms with Crippen molar-refractivity contribution in [1.29, 1.82) is 0 Å². The third-order valence-corrected chi connectivity index (χ3v) is 6.53. The van der Waals surface area contributed by atoms with Crippen LogP contribution in [0, 0.1) is 0 Å². The van der Waals surface area contributed by atoms with Crippen molar-refractivity contribution in [2.24, 2.45) is 9.98 Å². The number of aliphatic imine (C=N–C) groups is 2. The fourth-order valence-electron chi connectivity index (χ4n) is 4.49. The van der Waals surface area contributed by atoms with E-state index in [1.54, 1.807) is 14.0 Å². The normalized spacial score (nSPS) is 11.4. The van der Waals surface area contributed by atoms with Crippen molar-refractivity contribution in [2.75, 3.05) is 21.3 Å². The second-order valence-corrected chi connectivity index (χ2v) is 9.77. The maximum absolute atomic E-state index is 12.0. The van der Waals surface area contributed by atoms with Crippen LogP contribution in [0.25, 0.3) is 22.4 Å². The average molecular weight is 584 g/mol. The zero-order chi connectivity index (χ0) is 31.8. The van der Waals surface area contributed by atoms with Crippen LogP contribution in [0.2, 0.25) is 0 Å². The van der Waals surface area contributed by atoms with Crippen molar-refractivity contribution in [1.82, 2.24) is 5.48 Å². The number of aryl methyl sites for hydroxylation is 1. The molecule has 0 aromatic heterocycles. The topological polar surface area (TPSA) is 81.5 Å². The summed E-state index contributed by atoms with van der Waals surface area (Å²) in [5.74, 6) is 0.718. The van der Waals surface area contributed by atoms with Gasteiger partial charge < -0.3 is 14.3 Å². The van der Waals surface area contributed by atoms with Gasteiger partial charge in [-0.15, -0.1) is 0 Å². The summed E-state index contributed by atoms with van der Waals surface area (Å²) in [6.07, 6.45) is 3.22. The number of hydrogen-bond acceptors (Lipinski definition) is 7. The number of Topliss-reactive ketones (excluding diaryl/α,β-unsaturated/α-hetero) is 1. The van der Waals surface area contributed by atoms with Gasteiger partial charge in [-0.3, -0.25) is 9.79 Å². The molecule has 0 saturated carbocycles. The van der Waals surface area contributed by atoms with Gasteiger partial charge in [0.05, 0.1) is 19.9 Å². The van der Waals surface area contributed by atoms with Crippen molar-refractivity contribution in [3.8, 4) is 16.9 Å². The van der Waals surface area contributed by atoms with E-state index >= 15 is 0 Å². The molecule has 3 aromatic carbocycles. The molecule has 0 saturated heterocycles. The van der Waals surface area contributed by atoms with E-state index in [4.69, 9.17) is 14.3 Å². The number of methoxy groups -OCH3 is 2.